The number of nitriles is 2. The molecular weight excluding hydrogens is 396 g/mol. The van der Waals surface area contributed by atoms with Crippen LogP contribution in [0.3, 0.4) is 0 Å². The molecule has 0 aliphatic heterocycles. The largest absolute Gasteiger partial charge is 0.372 e. The fraction of sp³-hybridized carbons (Fsp3) is 0.381. The molecular formula is C21H22N8O2. The molecule has 2 atom stereocenters. The molecule has 1 fully saturated rings. The lowest BCUT2D eigenvalue weighted by Crippen LogP contribution is -2.43. The van der Waals surface area contributed by atoms with Crippen molar-refractivity contribution >= 4 is 23.3 Å². The maximum atomic E-state index is 12.5. The summed E-state index contributed by atoms with van der Waals surface area (Å²) in [6, 6.07) is 4.41. The van der Waals surface area contributed by atoms with E-state index in [0.717, 1.165) is 12.8 Å². The van der Waals surface area contributed by atoms with Crippen molar-refractivity contribution in [3.05, 3.63) is 30.4 Å². The summed E-state index contributed by atoms with van der Waals surface area (Å²) < 4.78 is 0. The van der Waals surface area contributed by atoms with Gasteiger partial charge in [0.05, 0.1) is 29.8 Å². The molecule has 2 heterocycles. The highest BCUT2D eigenvalue weighted by atomic mass is 16.2. The van der Waals surface area contributed by atoms with E-state index in [1.165, 1.54) is 23.5 Å². The van der Waals surface area contributed by atoms with E-state index in [0.29, 0.717) is 22.8 Å². The van der Waals surface area contributed by atoms with Crippen LogP contribution < -0.4 is 10.6 Å². The summed E-state index contributed by atoms with van der Waals surface area (Å²) in [6.07, 6.45) is 6.26. The second kappa shape index (κ2) is 9.18. The van der Waals surface area contributed by atoms with E-state index in [9.17, 15) is 14.9 Å². The SMILES string of the molecule is CC(C#N)N(C)C(=O)[C@H](C)Nc1cc(-c2cnc(NC(=O)C3CC3)cn2)cnc1C#N. The summed E-state index contributed by atoms with van der Waals surface area (Å²) in [5.74, 6) is 0.0917. The molecule has 2 amide bonds. The predicted molar refractivity (Wildman–Crippen MR) is 112 cm³/mol. The van der Waals surface area contributed by atoms with E-state index in [2.05, 4.69) is 25.6 Å². The summed E-state index contributed by atoms with van der Waals surface area (Å²) in [5.41, 5.74) is 1.58. The Hall–Kier alpha value is -4.05. The Morgan fingerprint density at radius 2 is 1.90 bits per heavy atom. The first-order valence-corrected chi connectivity index (χ1v) is 9.80. The number of aromatic nitrogens is 3. The molecule has 10 nitrogen and oxygen atoms in total. The van der Waals surface area contributed by atoms with Crippen molar-refractivity contribution in [2.24, 2.45) is 5.92 Å². The molecule has 1 unspecified atom stereocenters. The first kappa shape index (κ1) is 21.7. The van der Waals surface area contributed by atoms with Gasteiger partial charge in [0, 0.05) is 24.7 Å². The van der Waals surface area contributed by atoms with Gasteiger partial charge < -0.3 is 15.5 Å². The molecule has 0 bridgehead atoms. The third-order valence-corrected chi connectivity index (χ3v) is 5.00. The normalized spacial score (nSPS) is 14.5. The monoisotopic (exact) mass is 418 g/mol. The van der Waals surface area contributed by atoms with Gasteiger partial charge in [-0.1, -0.05) is 0 Å². The van der Waals surface area contributed by atoms with E-state index in [4.69, 9.17) is 5.26 Å². The Morgan fingerprint density at radius 1 is 1.16 bits per heavy atom. The minimum absolute atomic E-state index is 0.0529. The average molecular weight is 418 g/mol. The van der Waals surface area contributed by atoms with E-state index in [1.807, 2.05) is 12.1 Å². The van der Waals surface area contributed by atoms with Gasteiger partial charge in [0.1, 0.15) is 18.2 Å². The van der Waals surface area contributed by atoms with E-state index < -0.39 is 12.1 Å². The first-order chi connectivity index (χ1) is 14.8. The fourth-order valence-electron chi connectivity index (χ4n) is 2.80. The zero-order valence-electron chi connectivity index (χ0n) is 17.5. The van der Waals surface area contributed by atoms with Crippen molar-refractivity contribution in [3.8, 4) is 23.4 Å². The van der Waals surface area contributed by atoms with Gasteiger partial charge in [0.15, 0.2) is 11.5 Å². The molecule has 0 saturated heterocycles. The highest BCUT2D eigenvalue weighted by Crippen LogP contribution is 2.30. The van der Waals surface area contributed by atoms with E-state index in [1.54, 1.807) is 27.0 Å². The maximum Gasteiger partial charge on any atom is 0.245 e. The van der Waals surface area contributed by atoms with Crippen LogP contribution in [-0.2, 0) is 9.59 Å². The van der Waals surface area contributed by atoms with Crippen molar-refractivity contribution in [1.29, 1.82) is 10.5 Å². The molecule has 31 heavy (non-hydrogen) atoms. The van der Waals surface area contributed by atoms with Gasteiger partial charge in [-0.05, 0) is 32.8 Å². The zero-order chi connectivity index (χ0) is 22.5. The molecule has 1 aliphatic rings. The van der Waals surface area contributed by atoms with Gasteiger partial charge in [-0.25, -0.2) is 9.97 Å². The van der Waals surface area contributed by atoms with Gasteiger partial charge in [0.2, 0.25) is 11.8 Å². The number of hydrogen-bond donors (Lipinski definition) is 2. The van der Waals surface area contributed by atoms with Crippen molar-refractivity contribution in [2.75, 3.05) is 17.7 Å². The predicted octanol–water partition coefficient (Wildman–Crippen LogP) is 1.93. The summed E-state index contributed by atoms with van der Waals surface area (Å²) in [6.45, 7) is 3.27. The lowest BCUT2D eigenvalue weighted by molar-refractivity contribution is -0.131. The molecule has 2 N–H and O–H groups in total. The van der Waals surface area contributed by atoms with Crippen LogP contribution in [0.15, 0.2) is 24.7 Å². The minimum Gasteiger partial charge on any atom is -0.372 e. The van der Waals surface area contributed by atoms with Gasteiger partial charge in [-0.2, -0.15) is 10.5 Å². The number of likely N-dealkylation sites (N-methyl/N-ethyl adjacent to an activating group) is 1. The fourth-order valence-corrected chi connectivity index (χ4v) is 2.80. The Kier molecular flexibility index (Phi) is 6.41. The standard InChI is InChI=1S/C21H22N8O2/c1-12(7-22)29(3)21(31)13(2)27-16-6-15(9-24-17(16)8-23)18-10-26-19(11-25-18)28-20(30)14-4-5-14/h6,9-14,27H,4-5H2,1-3H3,(H,26,28,30)/t12?,13-/m0/s1. The van der Waals surface area contributed by atoms with Crippen LogP contribution in [-0.4, -0.2) is 50.8 Å². The summed E-state index contributed by atoms with van der Waals surface area (Å²) in [7, 11) is 1.55. The molecule has 2 aromatic heterocycles. The molecule has 158 valence electrons. The number of amides is 2. The van der Waals surface area contributed by atoms with Gasteiger partial charge >= 0.3 is 0 Å². The number of carbonyl (C=O) groups excluding carboxylic acids is 2. The van der Waals surface area contributed by atoms with Crippen LogP contribution in [0.25, 0.3) is 11.3 Å². The second-order valence-corrected chi connectivity index (χ2v) is 7.40. The number of pyridine rings is 1. The quantitative estimate of drug-likeness (QED) is 0.693. The topological polar surface area (TPSA) is 148 Å². The van der Waals surface area contributed by atoms with Gasteiger partial charge in [-0.15, -0.1) is 0 Å². The van der Waals surface area contributed by atoms with Crippen molar-refractivity contribution in [2.45, 2.75) is 38.8 Å². The Morgan fingerprint density at radius 3 is 2.48 bits per heavy atom. The third-order valence-electron chi connectivity index (χ3n) is 5.00. The first-order valence-electron chi connectivity index (χ1n) is 9.80. The van der Waals surface area contributed by atoms with Gasteiger partial charge in [0.25, 0.3) is 0 Å². The number of nitrogens with zero attached hydrogens (tertiary/aromatic N) is 6. The Balaban J connectivity index is 1.77. The average Bonchev–Trinajstić information content (AvgIpc) is 3.63. The highest BCUT2D eigenvalue weighted by molar-refractivity contribution is 5.93. The number of carbonyl (C=O) groups is 2. The highest BCUT2D eigenvalue weighted by Gasteiger charge is 2.29. The lowest BCUT2D eigenvalue weighted by atomic mass is 10.1. The second-order valence-electron chi connectivity index (χ2n) is 7.40. The lowest BCUT2D eigenvalue weighted by Gasteiger charge is -2.24. The van der Waals surface area contributed by atoms with Crippen LogP contribution in [0.2, 0.25) is 0 Å². The summed E-state index contributed by atoms with van der Waals surface area (Å²) in [5, 5.41) is 24.1. The molecule has 0 spiro atoms. The molecule has 2 aromatic rings. The van der Waals surface area contributed by atoms with Crippen LogP contribution >= 0.6 is 0 Å². The molecule has 1 aliphatic carbocycles. The number of nitrogens with one attached hydrogen (secondary N) is 2. The molecule has 0 aromatic carbocycles. The van der Waals surface area contributed by atoms with Crippen molar-refractivity contribution in [3.63, 3.8) is 0 Å². The maximum absolute atomic E-state index is 12.5. The molecule has 10 heteroatoms. The molecule has 1 saturated carbocycles. The minimum atomic E-state index is -0.684. The third kappa shape index (κ3) is 5.11. The Bertz CT molecular complexity index is 1070. The zero-order valence-corrected chi connectivity index (χ0v) is 17.5. The summed E-state index contributed by atoms with van der Waals surface area (Å²) >= 11 is 0. The van der Waals surface area contributed by atoms with E-state index in [-0.39, 0.29) is 23.4 Å². The number of anilines is 2. The van der Waals surface area contributed by atoms with Crippen LogP contribution in [0.5, 0.6) is 0 Å². The van der Waals surface area contributed by atoms with Crippen LogP contribution in [0.4, 0.5) is 11.5 Å². The van der Waals surface area contributed by atoms with Crippen molar-refractivity contribution in [1.82, 2.24) is 19.9 Å². The molecule has 3 rings (SSSR count). The Labute approximate surface area is 179 Å². The summed E-state index contributed by atoms with van der Waals surface area (Å²) in [4.78, 5) is 38.4. The molecule has 0 radical (unpaired) electrons. The van der Waals surface area contributed by atoms with Crippen molar-refractivity contribution < 1.29 is 9.59 Å². The van der Waals surface area contributed by atoms with Crippen LogP contribution in [0.1, 0.15) is 32.4 Å². The smallest absolute Gasteiger partial charge is 0.245 e. The van der Waals surface area contributed by atoms with Gasteiger partial charge in [-0.3, -0.25) is 14.6 Å². The van der Waals surface area contributed by atoms with E-state index >= 15 is 0 Å². The van der Waals surface area contributed by atoms with Crippen LogP contribution in [0, 0.1) is 28.6 Å². The number of rotatable bonds is 7. The number of hydrogen-bond acceptors (Lipinski definition) is 8.